The molecule has 0 radical (unpaired) electrons. The molecule has 0 aliphatic heterocycles. The number of ether oxygens (including phenoxy) is 2. The van der Waals surface area contributed by atoms with Crippen LogP contribution < -0.4 is 0 Å². The largest absolute Gasteiger partial charge is 0.481 e. The number of hydrogen-bond donors (Lipinski definition) is 2. The molecule has 0 heterocycles. The maximum absolute atomic E-state index is 10.9. The van der Waals surface area contributed by atoms with Crippen molar-refractivity contribution in [3.8, 4) is 0 Å². The quantitative estimate of drug-likeness (QED) is 0.609. The predicted octanol–water partition coefficient (Wildman–Crippen LogP) is 1.29. The molecule has 0 fully saturated rings. The molecule has 0 aromatic heterocycles. The van der Waals surface area contributed by atoms with Crippen LogP contribution in [-0.2, 0) is 14.3 Å². The molecule has 0 saturated carbocycles. The van der Waals surface area contributed by atoms with Gasteiger partial charge in [0.15, 0.2) is 0 Å². The molecule has 0 amide bonds. The lowest BCUT2D eigenvalue weighted by molar-refractivity contribution is -0.143. The van der Waals surface area contributed by atoms with Crippen LogP contribution in [0.3, 0.4) is 0 Å². The average Bonchev–Trinajstić information content (AvgIpc) is 2.26. The minimum atomic E-state index is -0.851. The summed E-state index contributed by atoms with van der Waals surface area (Å²) in [6.45, 7) is 4.39. The van der Waals surface area contributed by atoms with Gasteiger partial charge in [0.2, 0.25) is 0 Å². The van der Waals surface area contributed by atoms with Crippen molar-refractivity contribution in [2.45, 2.75) is 45.3 Å². The Morgan fingerprint density at radius 2 is 2.00 bits per heavy atom. The van der Waals surface area contributed by atoms with Gasteiger partial charge in [0.1, 0.15) is 0 Å². The minimum Gasteiger partial charge on any atom is -0.481 e. The molecule has 5 heteroatoms. The standard InChI is InChI=1S/C12H24O5/c1-4-5-10(12(14)15)6-11(13)8-17-9(2)7-16-3/h9-11,13H,4-8H2,1-3H3,(H,14,15). The Kier molecular flexibility index (Phi) is 9.03. The van der Waals surface area contributed by atoms with E-state index in [9.17, 15) is 9.90 Å². The highest BCUT2D eigenvalue weighted by molar-refractivity contribution is 5.69. The molecule has 102 valence electrons. The second-order valence-corrected chi connectivity index (χ2v) is 4.31. The highest BCUT2D eigenvalue weighted by Gasteiger charge is 2.21. The van der Waals surface area contributed by atoms with E-state index in [2.05, 4.69) is 0 Å². The molecule has 17 heavy (non-hydrogen) atoms. The van der Waals surface area contributed by atoms with Crippen molar-refractivity contribution in [2.24, 2.45) is 5.92 Å². The molecule has 0 spiro atoms. The molecular formula is C12H24O5. The zero-order valence-corrected chi connectivity index (χ0v) is 10.9. The summed E-state index contributed by atoms with van der Waals surface area (Å²) in [6, 6.07) is 0. The molecule has 0 rings (SSSR count). The van der Waals surface area contributed by atoms with Crippen LogP contribution in [0, 0.1) is 5.92 Å². The smallest absolute Gasteiger partial charge is 0.306 e. The van der Waals surface area contributed by atoms with Crippen LogP contribution in [0.4, 0.5) is 0 Å². The molecule has 5 nitrogen and oxygen atoms in total. The lowest BCUT2D eigenvalue weighted by Crippen LogP contribution is -2.27. The fourth-order valence-electron chi connectivity index (χ4n) is 1.65. The highest BCUT2D eigenvalue weighted by Crippen LogP contribution is 2.14. The van der Waals surface area contributed by atoms with E-state index in [1.54, 1.807) is 7.11 Å². The van der Waals surface area contributed by atoms with Crippen molar-refractivity contribution >= 4 is 5.97 Å². The van der Waals surface area contributed by atoms with Crippen molar-refractivity contribution in [3.05, 3.63) is 0 Å². The maximum Gasteiger partial charge on any atom is 0.306 e. The monoisotopic (exact) mass is 248 g/mol. The number of carboxylic acid groups (broad SMARTS) is 1. The minimum absolute atomic E-state index is 0.0934. The predicted molar refractivity (Wildman–Crippen MR) is 63.9 cm³/mol. The number of carboxylic acids is 1. The lowest BCUT2D eigenvalue weighted by Gasteiger charge is -2.18. The van der Waals surface area contributed by atoms with E-state index in [0.29, 0.717) is 13.0 Å². The summed E-state index contributed by atoms with van der Waals surface area (Å²) in [7, 11) is 1.58. The molecular weight excluding hydrogens is 224 g/mol. The van der Waals surface area contributed by atoms with Crippen LogP contribution in [0.15, 0.2) is 0 Å². The maximum atomic E-state index is 10.9. The van der Waals surface area contributed by atoms with Crippen molar-refractivity contribution in [1.29, 1.82) is 0 Å². The van der Waals surface area contributed by atoms with Crippen molar-refractivity contribution in [2.75, 3.05) is 20.3 Å². The van der Waals surface area contributed by atoms with E-state index in [-0.39, 0.29) is 19.1 Å². The molecule has 0 aromatic carbocycles. The van der Waals surface area contributed by atoms with Gasteiger partial charge < -0.3 is 19.7 Å². The lowest BCUT2D eigenvalue weighted by atomic mass is 9.97. The number of rotatable bonds is 10. The average molecular weight is 248 g/mol. The Bertz CT molecular complexity index is 207. The summed E-state index contributed by atoms with van der Waals surface area (Å²) >= 11 is 0. The van der Waals surface area contributed by atoms with Gasteiger partial charge in [-0.25, -0.2) is 0 Å². The van der Waals surface area contributed by atoms with Crippen LogP contribution >= 0.6 is 0 Å². The summed E-state index contributed by atoms with van der Waals surface area (Å²) in [5.74, 6) is -1.34. The first-order chi connectivity index (χ1) is 8.01. The van der Waals surface area contributed by atoms with Gasteiger partial charge in [-0.05, 0) is 19.8 Å². The van der Waals surface area contributed by atoms with Gasteiger partial charge in [0, 0.05) is 7.11 Å². The number of hydrogen-bond acceptors (Lipinski definition) is 4. The Hall–Kier alpha value is -0.650. The van der Waals surface area contributed by atoms with Gasteiger partial charge in [0.25, 0.3) is 0 Å². The van der Waals surface area contributed by atoms with E-state index in [1.165, 1.54) is 0 Å². The van der Waals surface area contributed by atoms with Crippen LogP contribution in [0.5, 0.6) is 0 Å². The van der Waals surface area contributed by atoms with Gasteiger partial charge in [0.05, 0.1) is 31.3 Å². The Morgan fingerprint density at radius 1 is 1.35 bits per heavy atom. The van der Waals surface area contributed by atoms with Crippen molar-refractivity contribution in [3.63, 3.8) is 0 Å². The molecule has 0 aromatic rings. The number of aliphatic carboxylic acids is 1. The first-order valence-electron chi connectivity index (χ1n) is 6.02. The molecule has 0 aliphatic rings. The topological polar surface area (TPSA) is 76.0 Å². The Balaban J connectivity index is 3.89. The van der Waals surface area contributed by atoms with Crippen LogP contribution in [-0.4, -0.2) is 48.7 Å². The summed E-state index contributed by atoms with van der Waals surface area (Å²) < 4.78 is 10.2. The SMILES string of the molecule is CCCC(CC(O)COC(C)COC)C(=O)O. The van der Waals surface area contributed by atoms with Crippen LogP contribution in [0.25, 0.3) is 0 Å². The third kappa shape index (κ3) is 8.12. The second-order valence-electron chi connectivity index (χ2n) is 4.31. The van der Waals surface area contributed by atoms with E-state index in [4.69, 9.17) is 14.6 Å². The first-order valence-corrected chi connectivity index (χ1v) is 6.02. The van der Waals surface area contributed by atoms with Gasteiger partial charge in [-0.15, -0.1) is 0 Å². The molecule has 0 saturated heterocycles. The van der Waals surface area contributed by atoms with Crippen molar-refractivity contribution in [1.82, 2.24) is 0 Å². The Labute approximate surface area is 103 Å². The number of aliphatic hydroxyl groups is 1. The van der Waals surface area contributed by atoms with Crippen molar-refractivity contribution < 1.29 is 24.5 Å². The summed E-state index contributed by atoms with van der Waals surface area (Å²) in [5.41, 5.74) is 0. The fourth-order valence-corrected chi connectivity index (χ4v) is 1.65. The highest BCUT2D eigenvalue weighted by atomic mass is 16.5. The zero-order valence-electron chi connectivity index (χ0n) is 10.9. The summed E-state index contributed by atoms with van der Waals surface area (Å²) in [4.78, 5) is 10.9. The van der Waals surface area contributed by atoms with E-state index < -0.39 is 18.0 Å². The van der Waals surface area contributed by atoms with E-state index in [0.717, 1.165) is 6.42 Å². The summed E-state index contributed by atoms with van der Waals surface area (Å²) in [5, 5.41) is 18.6. The van der Waals surface area contributed by atoms with Crippen LogP contribution in [0.2, 0.25) is 0 Å². The Morgan fingerprint density at radius 3 is 2.47 bits per heavy atom. The van der Waals surface area contributed by atoms with E-state index in [1.807, 2.05) is 13.8 Å². The third-order valence-electron chi connectivity index (χ3n) is 2.52. The normalized spacial score (nSPS) is 16.5. The summed E-state index contributed by atoms with van der Waals surface area (Å²) in [6.07, 6.45) is 0.791. The molecule has 0 bridgehead atoms. The van der Waals surface area contributed by atoms with E-state index >= 15 is 0 Å². The van der Waals surface area contributed by atoms with Gasteiger partial charge in [-0.1, -0.05) is 13.3 Å². The molecule has 3 atom stereocenters. The molecule has 3 unspecified atom stereocenters. The zero-order chi connectivity index (χ0) is 13.3. The third-order valence-corrected chi connectivity index (χ3v) is 2.52. The van der Waals surface area contributed by atoms with Crippen LogP contribution in [0.1, 0.15) is 33.1 Å². The second kappa shape index (κ2) is 9.39. The number of carbonyl (C=O) groups is 1. The van der Waals surface area contributed by atoms with Gasteiger partial charge >= 0.3 is 5.97 Å². The fraction of sp³-hybridized carbons (Fsp3) is 0.917. The number of aliphatic hydroxyl groups excluding tert-OH is 1. The number of methoxy groups -OCH3 is 1. The molecule has 0 aliphatic carbocycles. The van der Waals surface area contributed by atoms with Gasteiger partial charge in [-0.2, -0.15) is 0 Å². The van der Waals surface area contributed by atoms with Gasteiger partial charge in [-0.3, -0.25) is 4.79 Å². The molecule has 2 N–H and O–H groups in total. The first kappa shape index (κ1) is 16.4.